The molecule has 0 saturated heterocycles. The van der Waals surface area contributed by atoms with E-state index in [0.29, 0.717) is 23.9 Å². The summed E-state index contributed by atoms with van der Waals surface area (Å²) in [6, 6.07) is 1.74. The Kier molecular flexibility index (Phi) is 4.31. The van der Waals surface area contributed by atoms with Crippen LogP contribution in [-0.2, 0) is 9.84 Å². The molecule has 0 radical (unpaired) electrons. The fraction of sp³-hybridized carbons (Fsp3) is 0.429. The van der Waals surface area contributed by atoms with Crippen LogP contribution >= 0.6 is 27.5 Å². The number of rotatable bonds is 4. The van der Waals surface area contributed by atoms with Crippen molar-refractivity contribution in [1.29, 1.82) is 0 Å². The normalized spacial score (nSPS) is 21.6. The summed E-state index contributed by atoms with van der Waals surface area (Å²) in [6.07, 6.45) is 4.16. The van der Waals surface area contributed by atoms with Gasteiger partial charge in [-0.25, -0.2) is 18.4 Å². The molecule has 0 atom stereocenters. The zero-order valence-electron chi connectivity index (χ0n) is 11.8. The van der Waals surface area contributed by atoms with Crippen LogP contribution in [0.3, 0.4) is 0 Å². The molecular weight excluding hydrogens is 392 g/mol. The number of halogens is 2. The van der Waals surface area contributed by atoms with Gasteiger partial charge in [0.1, 0.15) is 11.3 Å². The lowest BCUT2D eigenvalue weighted by atomic mass is 9.95. The van der Waals surface area contributed by atoms with Crippen LogP contribution in [0.2, 0.25) is 5.15 Å². The molecule has 1 fully saturated rings. The van der Waals surface area contributed by atoms with Crippen molar-refractivity contribution < 1.29 is 13.2 Å². The predicted molar refractivity (Wildman–Crippen MR) is 89.1 cm³/mol. The molecule has 5 nitrogen and oxygen atoms in total. The molecule has 2 heterocycles. The first-order valence-corrected chi connectivity index (χ1v) is 9.77. The third-order valence-corrected chi connectivity index (χ3v) is 6.94. The van der Waals surface area contributed by atoms with Gasteiger partial charge in [0.15, 0.2) is 9.84 Å². The van der Waals surface area contributed by atoms with Crippen molar-refractivity contribution in [3.05, 3.63) is 28.1 Å². The second-order valence-electron chi connectivity index (χ2n) is 5.25. The summed E-state index contributed by atoms with van der Waals surface area (Å²) in [7, 11) is -2.98. The van der Waals surface area contributed by atoms with Crippen LogP contribution in [-0.4, -0.2) is 35.5 Å². The van der Waals surface area contributed by atoms with E-state index in [0.717, 1.165) is 15.2 Å². The van der Waals surface area contributed by atoms with E-state index in [1.54, 1.807) is 25.4 Å². The standard InChI is InChI=1S/C14H14BrClN2O3S/c1-2-22(19,20)9-3-8(4-9)21-14-11-6-17-13(16)5-10(11)12(15)7-18-14/h5-9H,2-4H2,1H3. The lowest BCUT2D eigenvalue weighted by molar-refractivity contribution is 0.119. The SMILES string of the molecule is CCS(=O)(=O)C1CC(Oc2ncc(Br)c3cc(Cl)ncc23)C1. The zero-order chi connectivity index (χ0) is 15.9. The monoisotopic (exact) mass is 404 g/mol. The van der Waals surface area contributed by atoms with E-state index in [1.165, 1.54) is 0 Å². The third kappa shape index (κ3) is 2.94. The van der Waals surface area contributed by atoms with Gasteiger partial charge in [-0.2, -0.15) is 0 Å². The minimum absolute atomic E-state index is 0.126. The smallest absolute Gasteiger partial charge is 0.223 e. The van der Waals surface area contributed by atoms with Gasteiger partial charge < -0.3 is 4.74 Å². The Morgan fingerprint density at radius 3 is 2.73 bits per heavy atom. The fourth-order valence-corrected chi connectivity index (χ4v) is 4.52. The maximum Gasteiger partial charge on any atom is 0.223 e. The van der Waals surface area contributed by atoms with Gasteiger partial charge in [0.2, 0.25) is 5.88 Å². The largest absolute Gasteiger partial charge is 0.474 e. The van der Waals surface area contributed by atoms with Gasteiger partial charge >= 0.3 is 0 Å². The molecule has 0 aromatic carbocycles. The van der Waals surface area contributed by atoms with E-state index in [2.05, 4.69) is 25.9 Å². The maximum absolute atomic E-state index is 11.8. The lowest BCUT2D eigenvalue weighted by Crippen LogP contribution is -2.43. The Morgan fingerprint density at radius 1 is 1.32 bits per heavy atom. The van der Waals surface area contributed by atoms with Crippen molar-refractivity contribution in [3.63, 3.8) is 0 Å². The quantitative estimate of drug-likeness (QED) is 0.729. The van der Waals surface area contributed by atoms with Crippen molar-refractivity contribution in [2.24, 2.45) is 0 Å². The summed E-state index contributed by atoms with van der Waals surface area (Å²) in [5, 5.41) is 1.71. The molecule has 3 rings (SSSR count). The van der Waals surface area contributed by atoms with Crippen molar-refractivity contribution in [3.8, 4) is 5.88 Å². The first-order valence-electron chi connectivity index (χ1n) is 6.88. The van der Waals surface area contributed by atoms with Gasteiger partial charge in [-0.1, -0.05) is 18.5 Å². The highest BCUT2D eigenvalue weighted by atomic mass is 79.9. The van der Waals surface area contributed by atoms with Gasteiger partial charge in [-0.15, -0.1) is 0 Å². The van der Waals surface area contributed by atoms with Crippen molar-refractivity contribution in [1.82, 2.24) is 9.97 Å². The van der Waals surface area contributed by atoms with E-state index in [-0.39, 0.29) is 17.1 Å². The van der Waals surface area contributed by atoms with E-state index in [1.807, 2.05) is 0 Å². The topological polar surface area (TPSA) is 69.2 Å². The molecule has 0 unspecified atom stereocenters. The molecule has 2 aromatic rings. The maximum atomic E-state index is 11.8. The van der Waals surface area contributed by atoms with Gasteiger partial charge in [0.05, 0.1) is 10.6 Å². The molecule has 1 saturated carbocycles. The van der Waals surface area contributed by atoms with Crippen LogP contribution in [0.15, 0.2) is 22.9 Å². The van der Waals surface area contributed by atoms with Gasteiger partial charge in [-0.3, -0.25) is 0 Å². The van der Waals surface area contributed by atoms with E-state index in [9.17, 15) is 8.42 Å². The lowest BCUT2D eigenvalue weighted by Gasteiger charge is -2.34. The van der Waals surface area contributed by atoms with Crippen LogP contribution in [0, 0.1) is 0 Å². The molecule has 0 spiro atoms. The van der Waals surface area contributed by atoms with Crippen LogP contribution in [0.25, 0.3) is 10.8 Å². The summed E-state index contributed by atoms with van der Waals surface area (Å²) >= 11 is 9.34. The molecule has 118 valence electrons. The molecular formula is C14H14BrClN2O3S. The molecule has 0 bridgehead atoms. The predicted octanol–water partition coefficient (Wildman–Crippen LogP) is 3.39. The number of sulfone groups is 1. The van der Waals surface area contributed by atoms with Crippen molar-refractivity contribution >= 4 is 48.1 Å². The number of aromatic nitrogens is 2. The Labute approximate surface area is 142 Å². The van der Waals surface area contributed by atoms with Crippen LogP contribution in [0.4, 0.5) is 0 Å². The number of hydrogen-bond donors (Lipinski definition) is 0. The highest BCUT2D eigenvalue weighted by Crippen LogP contribution is 2.35. The van der Waals surface area contributed by atoms with Gasteiger partial charge in [-0.05, 0) is 22.0 Å². The summed E-state index contributed by atoms with van der Waals surface area (Å²) in [5.74, 6) is 0.631. The Balaban J connectivity index is 1.81. The summed E-state index contributed by atoms with van der Waals surface area (Å²) in [6.45, 7) is 1.67. The van der Waals surface area contributed by atoms with Crippen molar-refractivity contribution in [2.45, 2.75) is 31.1 Å². The molecule has 22 heavy (non-hydrogen) atoms. The van der Waals surface area contributed by atoms with E-state index in [4.69, 9.17) is 16.3 Å². The van der Waals surface area contributed by atoms with Crippen molar-refractivity contribution in [2.75, 3.05) is 5.75 Å². The first kappa shape index (κ1) is 16.0. The number of fused-ring (bicyclic) bond motifs is 1. The second-order valence-corrected chi connectivity index (χ2v) is 9.06. The molecule has 0 amide bonds. The van der Waals surface area contributed by atoms with Crippen LogP contribution < -0.4 is 4.74 Å². The molecule has 1 aliphatic carbocycles. The Bertz CT molecular complexity index is 822. The first-order chi connectivity index (χ1) is 10.4. The molecule has 8 heteroatoms. The Hall–Kier alpha value is -0.920. The van der Waals surface area contributed by atoms with Gasteiger partial charge in [0, 0.05) is 40.8 Å². The van der Waals surface area contributed by atoms with E-state index < -0.39 is 9.84 Å². The zero-order valence-corrected chi connectivity index (χ0v) is 14.9. The fourth-order valence-electron chi connectivity index (χ4n) is 2.45. The molecule has 1 aliphatic rings. The highest BCUT2D eigenvalue weighted by Gasteiger charge is 2.39. The molecule has 0 N–H and O–H groups in total. The number of ether oxygens (including phenoxy) is 1. The Morgan fingerprint density at radius 2 is 2.05 bits per heavy atom. The third-order valence-electron chi connectivity index (χ3n) is 3.89. The molecule has 0 aliphatic heterocycles. The van der Waals surface area contributed by atoms with Crippen LogP contribution in [0.1, 0.15) is 19.8 Å². The summed E-state index contributed by atoms with van der Waals surface area (Å²) < 4.78 is 30.2. The average Bonchev–Trinajstić information content (AvgIpc) is 2.44. The average molecular weight is 406 g/mol. The minimum atomic E-state index is -2.98. The minimum Gasteiger partial charge on any atom is -0.474 e. The van der Waals surface area contributed by atoms with Crippen LogP contribution in [0.5, 0.6) is 5.88 Å². The van der Waals surface area contributed by atoms with Gasteiger partial charge in [0.25, 0.3) is 0 Å². The number of hydrogen-bond acceptors (Lipinski definition) is 5. The second kappa shape index (κ2) is 5.94. The number of pyridine rings is 2. The number of nitrogens with zero attached hydrogens (tertiary/aromatic N) is 2. The summed E-state index contributed by atoms with van der Waals surface area (Å²) in [5.41, 5.74) is 0. The summed E-state index contributed by atoms with van der Waals surface area (Å²) in [4.78, 5) is 8.32. The highest BCUT2D eigenvalue weighted by molar-refractivity contribution is 9.10. The van der Waals surface area contributed by atoms with E-state index >= 15 is 0 Å². The molecule has 2 aromatic heterocycles.